The van der Waals surface area contributed by atoms with Crippen molar-refractivity contribution >= 4 is 40.6 Å². The highest BCUT2D eigenvalue weighted by atomic mass is 35.5. The Hall–Kier alpha value is -4.29. The van der Waals surface area contributed by atoms with E-state index < -0.39 is 6.03 Å². The van der Waals surface area contributed by atoms with Crippen LogP contribution in [0, 0.1) is 0 Å². The molecule has 1 aliphatic rings. The molecule has 0 bridgehead atoms. The molecule has 5 rings (SSSR count). The molecule has 0 aromatic heterocycles. The van der Waals surface area contributed by atoms with Crippen molar-refractivity contribution in [1.29, 1.82) is 0 Å². The Labute approximate surface area is 227 Å². The molecule has 0 spiro atoms. The van der Waals surface area contributed by atoms with Gasteiger partial charge in [0.05, 0.1) is 5.56 Å². The average Bonchev–Trinajstić information content (AvgIpc) is 2.93. The third kappa shape index (κ3) is 6.33. The zero-order valence-corrected chi connectivity index (χ0v) is 21.7. The number of fused-ring (bicyclic) bond motifs is 1. The van der Waals surface area contributed by atoms with Crippen molar-refractivity contribution in [3.8, 4) is 0 Å². The van der Waals surface area contributed by atoms with Gasteiger partial charge in [-0.25, -0.2) is 4.79 Å². The first-order valence-corrected chi connectivity index (χ1v) is 13.0. The average molecular weight is 525 g/mol. The Balaban J connectivity index is 1.35. The molecule has 3 N–H and O–H groups in total. The molecule has 3 amide bonds. The maximum absolute atomic E-state index is 13.4. The van der Waals surface area contributed by atoms with Gasteiger partial charge >= 0.3 is 6.03 Å². The molecular weight excluding hydrogens is 496 g/mol. The minimum Gasteiger partial charge on any atom is -0.366 e. The largest absolute Gasteiger partial charge is 0.366 e. The first kappa shape index (κ1) is 25.4. The van der Waals surface area contributed by atoms with E-state index in [-0.39, 0.29) is 5.91 Å². The molecule has 192 valence electrons. The fraction of sp³-hybridized carbons (Fsp3) is 0.161. The van der Waals surface area contributed by atoms with Crippen LogP contribution >= 0.6 is 11.6 Å². The minimum absolute atomic E-state index is 0.173. The predicted molar refractivity (Wildman–Crippen MR) is 154 cm³/mol. The Bertz CT molecular complexity index is 1440. The number of carbonyl (C=O) groups excluding carboxylic acids is 2. The molecule has 6 nitrogen and oxygen atoms in total. The van der Waals surface area contributed by atoms with Crippen molar-refractivity contribution in [2.45, 2.75) is 19.4 Å². The van der Waals surface area contributed by atoms with Crippen LogP contribution in [0.4, 0.5) is 21.9 Å². The molecule has 0 saturated heterocycles. The number of hydrogen-bond donors (Lipinski definition) is 3. The number of benzene rings is 4. The molecule has 1 aliphatic heterocycles. The van der Waals surface area contributed by atoms with Gasteiger partial charge in [0.15, 0.2) is 0 Å². The van der Waals surface area contributed by atoms with Crippen LogP contribution in [-0.2, 0) is 19.4 Å². The smallest absolute Gasteiger partial charge is 0.323 e. The molecule has 0 radical (unpaired) electrons. The topological polar surface area (TPSA) is 73.5 Å². The van der Waals surface area contributed by atoms with Crippen molar-refractivity contribution in [3.05, 3.63) is 124 Å². The van der Waals surface area contributed by atoms with Crippen LogP contribution in [0.2, 0.25) is 5.02 Å². The number of halogens is 1. The van der Waals surface area contributed by atoms with Crippen LogP contribution < -0.4 is 20.9 Å². The number of nitrogens with one attached hydrogen (secondary N) is 3. The third-order valence-electron chi connectivity index (χ3n) is 6.59. The van der Waals surface area contributed by atoms with E-state index in [0.29, 0.717) is 28.5 Å². The van der Waals surface area contributed by atoms with Crippen LogP contribution in [-0.4, -0.2) is 25.0 Å². The van der Waals surface area contributed by atoms with Gasteiger partial charge in [-0.05, 0) is 65.9 Å². The Morgan fingerprint density at radius 1 is 0.789 bits per heavy atom. The number of nitrogens with zero attached hydrogens (tertiary/aromatic N) is 1. The lowest BCUT2D eigenvalue weighted by atomic mass is 9.98. The maximum Gasteiger partial charge on any atom is 0.323 e. The highest BCUT2D eigenvalue weighted by Gasteiger charge is 2.22. The number of urea groups is 1. The summed E-state index contributed by atoms with van der Waals surface area (Å²) in [5.74, 6) is -0.173. The molecule has 1 heterocycles. The van der Waals surface area contributed by atoms with E-state index in [9.17, 15) is 9.59 Å². The highest BCUT2D eigenvalue weighted by Crippen LogP contribution is 2.30. The van der Waals surface area contributed by atoms with E-state index in [1.165, 1.54) is 11.1 Å². The third-order valence-corrected chi connectivity index (χ3v) is 6.83. The van der Waals surface area contributed by atoms with Crippen LogP contribution in [0.5, 0.6) is 0 Å². The van der Waals surface area contributed by atoms with Gasteiger partial charge in [-0.15, -0.1) is 0 Å². The molecule has 7 heteroatoms. The van der Waals surface area contributed by atoms with Crippen LogP contribution in [0.1, 0.15) is 27.0 Å². The van der Waals surface area contributed by atoms with Gasteiger partial charge in [-0.1, -0.05) is 72.3 Å². The first-order valence-electron chi connectivity index (χ1n) is 12.7. The number of anilines is 3. The number of carbonyl (C=O) groups is 2. The number of amides is 3. The van der Waals surface area contributed by atoms with Gasteiger partial charge in [-0.2, -0.15) is 0 Å². The van der Waals surface area contributed by atoms with E-state index in [2.05, 4.69) is 39.0 Å². The summed E-state index contributed by atoms with van der Waals surface area (Å²) in [5, 5.41) is 9.21. The summed E-state index contributed by atoms with van der Waals surface area (Å²) in [5.41, 5.74) is 6.24. The molecule has 0 saturated carbocycles. The summed E-state index contributed by atoms with van der Waals surface area (Å²) in [6, 6.07) is 30.5. The van der Waals surface area contributed by atoms with Crippen molar-refractivity contribution in [2.75, 3.05) is 28.6 Å². The second kappa shape index (κ2) is 11.8. The standard InChI is InChI=1S/C31H29ClN4O2/c32-25-11-6-12-26(19-25)34-31(38)35-27-13-14-29(36-18-16-23-9-4-5-10-24(23)21-36)28(20-27)30(37)33-17-15-22-7-2-1-3-8-22/h1-14,19-20H,15-18,21H2,(H,33,37)(H2,34,35,38). The van der Waals surface area contributed by atoms with Crippen LogP contribution in [0.25, 0.3) is 0 Å². The fourth-order valence-corrected chi connectivity index (χ4v) is 4.88. The lowest BCUT2D eigenvalue weighted by molar-refractivity contribution is 0.0954. The Morgan fingerprint density at radius 2 is 1.53 bits per heavy atom. The molecule has 4 aromatic carbocycles. The minimum atomic E-state index is -0.414. The Morgan fingerprint density at radius 3 is 2.32 bits per heavy atom. The molecule has 38 heavy (non-hydrogen) atoms. The van der Waals surface area contributed by atoms with Crippen molar-refractivity contribution < 1.29 is 9.59 Å². The van der Waals surface area contributed by atoms with Crippen molar-refractivity contribution in [1.82, 2.24) is 5.32 Å². The molecular formula is C31H29ClN4O2. The molecule has 0 aliphatic carbocycles. The summed E-state index contributed by atoms with van der Waals surface area (Å²) in [7, 11) is 0. The van der Waals surface area contributed by atoms with Gasteiger partial charge in [-0.3, -0.25) is 4.79 Å². The normalized spacial score (nSPS) is 12.4. The maximum atomic E-state index is 13.4. The van der Waals surface area contributed by atoms with Gasteiger partial charge < -0.3 is 20.9 Å². The molecule has 0 atom stereocenters. The summed E-state index contributed by atoms with van der Waals surface area (Å²) < 4.78 is 0. The monoisotopic (exact) mass is 524 g/mol. The van der Waals surface area contributed by atoms with E-state index >= 15 is 0 Å². The quantitative estimate of drug-likeness (QED) is 0.258. The number of rotatable bonds is 7. The fourth-order valence-electron chi connectivity index (χ4n) is 4.69. The van der Waals surface area contributed by atoms with Crippen molar-refractivity contribution in [3.63, 3.8) is 0 Å². The highest BCUT2D eigenvalue weighted by molar-refractivity contribution is 6.30. The summed E-state index contributed by atoms with van der Waals surface area (Å²) in [4.78, 5) is 28.3. The van der Waals surface area contributed by atoms with Crippen LogP contribution in [0.15, 0.2) is 97.1 Å². The summed E-state index contributed by atoms with van der Waals surface area (Å²) in [6.45, 7) is 2.05. The van der Waals surface area contributed by atoms with E-state index in [4.69, 9.17) is 11.6 Å². The van der Waals surface area contributed by atoms with E-state index in [1.807, 2.05) is 48.5 Å². The second-order valence-electron chi connectivity index (χ2n) is 9.25. The van der Waals surface area contributed by atoms with E-state index in [0.717, 1.165) is 37.2 Å². The van der Waals surface area contributed by atoms with E-state index in [1.54, 1.807) is 30.3 Å². The lowest BCUT2D eigenvalue weighted by Crippen LogP contribution is -2.33. The van der Waals surface area contributed by atoms with Gasteiger partial charge in [0.25, 0.3) is 5.91 Å². The van der Waals surface area contributed by atoms with Gasteiger partial charge in [0, 0.05) is 41.7 Å². The molecule has 0 fully saturated rings. The molecule has 0 unspecified atom stereocenters. The zero-order chi connectivity index (χ0) is 26.3. The van der Waals surface area contributed by atoms with Gasteiger partial charge in [0.1, 0.15) is 0 Å². The lowest BCUT2D eigenvalue weighted by Gasteiger charge is -2.32. The van der Waals surface area contributed by atoms with Crippen LogP contribution in [0.3, 0.4) is 0 Å². The van der Waals surface area contributed by atoms with Crippen molar-refractivity contribution in [2.24, 2.45) is 0 Å². The molecule has 4 aromatic rings. The first-order chi connectivity index (χ1) is 18.5. The number of hydrogen-bond acceptors (Lipinski definition) is 3. The predicted octanol–water partition coefficient (Wildman–Crippen LogP) is 6.52. The SMILES string of the molecule is O=C(Nc1cccc(Cl)c1)Nc1ccc(N2CCc3ccccc3C2)c(C(=O)NCCc2ccccc2)c1. The summed E-state index contributed by atoms with van der Waals surface area (Å²) in [6.07, 6.45) is 1.65. The van der Waals surface area contributed by atoms with Gasteiger partial charge in [0.2, 0.25) is 0 Å². The summed E-state index contributed by atoms with van der Waals surface area (Å²) >= 11 is 6.03. The zero-order valence-electron chi connectivity index (χ0n) is 20.9. The Kier molecular flexibility index (Phi) is 7.90. The second-order valence-corrected chi connectivity index (χ2v) is 9.69.